The van der Waals surface area contributed by atoms with Gasteiger partial charge < -0.3 is 4.90 Å². The van der Waals surface area contributed by atoms with Gasteiger partial charge in [0.2, 0.25) is 0 Å². The Hall–Kier alpha value is -0.930. The van der Waals surface area contributed by atoms with Crippen molar-refractivity contribution in [3.8, 4) is 0 Å². The topological polar surface area (TPSA) is 19.4 Å². The van der Waals surface area contributed by atoms with Crippen LogP contribution in [0, 0.1) is 17.8 Å². The van der Waals surface area contributed by atoms with Crippen LogP contribution in [0.2, 0.25) is 0 Å². The molecule has 0 radical (unpaired) electrons. The molecule has 1 aliphatic heterocycles. The monoisotopic (exact) mass is 299 g/mol. The minimum atomic E-state index is 0.774. The van der Waals surface area contributed by atoms with E-state index in [1.807, 2.05) is 12.4 Å². The molecule has 2 aliphatic carbocycles. The molecule has 0 bridgehead atoms. The number of rotatable bonds is 5. The maximum absolute atomic E-state index is 4.14. The number of hydrogen-bond donors (Lipinski definition) is 0. The van der Waals surface area contributed by atoms with Crippen LogP contribution < -0.4 is 0 Å². The molecule has 1 aromatic rings. The molecule has 2 saturated carbocycles. The first-order valence-corrected chi connectivity index (χ1v) is 9.11. The Balaban J connectivity index is 1.39. The summed E-state index contributed by atoms with van der Waals surface area (Å²) in [4.78, 5) is 9.54. The largest absolute Gasteiger partial charge is 0.302 e. The Morgan fingerprint density at radius 1 is 1.14 bits per heavy atom. The summed E-state index contributed by atoms with van der Waals surface area (Å²) in [5, 5.41) is 0. The van der Waals surface area contributed by atoms with Gasteiger partial charge in [0.05, 0.1) is 0 Å². The summed E-state index contributed by atoms with van der Waals surface area (Å²) < 4.78 is 0. The Morgan fingerprint density at radius 2 is 1.95 bits per heavy atom. The van der Waals surface area contributed by atoms with Crippen LogP contribution in [0.25, 0.3) is 0 Å². The van der Waals surface area contributed by atoms with Gasteiger partial charge in [-0.1, -0.05) is 6.42 Å². The van der Waals surface area contributed by atoms with Crippen LogP contribution in [0.3, 0.4) is 0 Å². The molecule has 1 saturated heterocycles. The third kappa shape index (κ3) is 3.21. The van der Waals surface area contributed by atoms with Crippen LogP contribution in [0.1, 0.15) is 37.7 Å². The van der Waals surface area contributed by atoms with E-state index in [2.05, 4.69) is 34.0 Å². The van der Waals surface area contributed by atoms with Gasteiger partial charge in [0.1, 0.15) is 0 Å². The van der Waals surface area contributed by atoms with Gasteiger partial charge in [-0.15, -0.1) is 0 Å². The molecule has 3 nitrogen and oxygen atoms in total. The lowest BCUT2D eigenvalue weighted by Crippen LogP contribution is -2.43. The molecule has 0 spiro atoms. The third-order valence-corrected chi connectivity index (χ3v) is 6.10. The highest BCUT2D eigenvalue weighted by Crippen LogP contribution is 2.40. The fourth-order valence-electron chi connectivity index (χ4n) is 4.79. The van der Waals surface area contributed by atoms with Crippen molar-refractivity contribution >= 4 is 0 Å². The van der Waals surface area contributed by atoms with E-state index in [-0.39, 0.29) is 0 Å². The zero-order valence-electron chi connectivity index (χ0n) is 13.8. The van der Waals surface area contributed by atoms with Crippen molar-refractivity contribution in [2.75, 3.05) is 26.7 Å². The second kappa shape index (κ2) is 6.29. The van der Waals surface area contributed by atoms with Crippen LogP contribution in [-0.2, 0) is 6.54 Å². The van der Waals surface area contributed by atoms with Gasteiger partial charge in [0.15, 0.2) is 0 Å². The summed E-state index contributed by atoms with van der Waals surface area (Å²) in [7, 11) is 2.33. The normalized spacial score (nSPS) is 32.4. The zero-order chi connectivity index (χ0) is 14.9. The molecule has 3 aliphatic rings. The van der Waals surface area contributed by atoms with E-state index in [4.69, 9.17) is 0 Å². The number of likely N-dealkylation sites (tertiary alicyclic amines) is 1. The van der Waals surface area contributed by atoms with Crippen molar-refractivity contribution < 1.29 is 0 Å². The molecule has 1 aromatic heterocycles. The Morgan fingerprint density at radius 3 is 2.73 bits per heavy atom. The summed E-state index contributed by atoms with van der Waals surface area (Å²) >= 11 is 0. The molecule has 0 amide bonds. The van der Waals surface area contributed by atoms with Gasteiger partial charge in [-0.3, -0.25) is 9.88 Å². The molecule has 3 atom stereocenters. The third-order valence-electron chi connectivity index (χ3n) is 6.10. The Bertz CT molecular complexity index is 485. The minimum absolute atomic E-state index is 0.774. The molecular weight excluding hydrogens is 270 g/mol. The van der Waals surface area contributed by atoms with E-state index in [1.54, 1.807) is 0 Å². The number of aromatic nitrogens is 1. The van der Waals surface area contributed by atoms with Gasteiger partial charge in [-0.05, 0) is 68.2 Å². The average molecular weight is 299 g/mol. The summed E-state index contributed by atoms with van der Waals surface area (Å²) in [6.45, 7) is 5.18. The van der Waals surface area contributed by atoms with Crippen molar-refractivity contribution in [2.45, 2.75) is 44.7 Å². The molecule has 0 N–H and O–H groups in total. The van der Waals surface area contributed by atoms with Crippen molar-refractivity contribution in [3.63, 3.8) is 0 Å². The van der Waals surface area contributed by atoms with E-state index in [0.29, 0.717) is 0 Å². The molecular formula is C19H29N3. The van der Waals surface area contributed by atoms with Gasteiger partial charge in [0.25, 0.3) is 0 Å². The van der Waals surface area contributed by atoms with Crippen molar-refractivity contribution in [3.05, 3.63) is 30.1 Å². The second-order valence-corrected chi connectivity index (χ2v) is 7.85. The highest BCUT2D eigenvalue weighted by molar-refractivity contribution is 5.10. The van der Waals surface area contributed by atoms with Crippen LogP contribution >= 0.6 is 0 Å². The lowest BCUT2D eigenvalue weighted by atomic mass is 9.77. The number of nitrogens with zero attached hydrogens (tertiary/aromatic N) is 3. The first-order chi connectivity index (χ1) is 10.8. The summed E-state index contributed by atoms with van der Waals surface area (Å²) in [6.07, 6.45) is 11.1. The van der Waals surface area contributed by atoms with Gasteiger partial charge in [-0.25, -0.2) is 0 Å². The minimum Gasteiger partial charge on any atom is -0.302 e. The van der Waals surface area contributed by atoms with Crippen LogP contribution in [0.4, 0.5) is 0 Å². The highest BCUT2D eigenvalue weighted by atomic mass is 15.2. The standard InChI is InChI=1S/C19H29N3/c1-21(11-16-7-9-20-10-8-16)19-4-2-3-17-13-22(14-18(17)19)12-15-5-6-15/h7-10,15,17-19H,2-6,11-14H2,1H3/t17-,18+,19?/m1/s1. The van der Waals surface area contributed by atoms with E-state index >= 15 is 0 Å². The zero-order valence-corrected chi connectivity index (χ0v) is 13.8. The molecule has 22 heavy (non-hydrogen) atoms. The van der Waals surface area contributed by atoms with Gasteiger partial charge >= 0.3 is 0 Å². The predicted octanol–water partition coefficient (Wildman–Crippen LogP) is 3.02. The van der Waals surface area contributed by atoms with Crippen molar-refractivity contribution in [1.29, 1.82) is 0 Å². The summed E-state index contributed by atoms with van der Waals surface area (Å²) in [5.41, 5.74) is 1.40. The van der Waals surface area contributed by atoms with Crippen molar-refractivity contribution in [1.82, 2.24) is 14.8 Å². The lowest BCUT2D eigenvalue weighted by molar-refractivity contribution is 0.105. The molecule has 0 aromatic carbocycles. The van der Waals surface area contributed by atoms with E-state index < -0.39 is 0 Å². The van der Waals surface area contributed by atoms with Crippen LogP contribution in [0.5, 0.6) is 0 Å². The molecule has 1 unspecified atom stereocenters. The molecule has 4 rings (SSSR count). The summed E-state index contributed by atoms with van der Waals surface area (Å²) in [5.74, 6) is 2.89. The lowest BCUT2D eigenvalue weighted by Gasteiger charge is -2.39. The quantitative estimate of drug-likeness (QED) is 0.833. The Kier molecular flexibility index (Phi) is 4.19. The number of fused-ring (bicyclic) bond motifs is 1. The van der Waals surface area contributed by atoms with Crippen molar-refractivity contribution in [2.24, 2.45) is 17.8 Å². The van der Waals surface area contributed by atoms with Crippen LogP contribution in [0.15, 0.2) is 24.5 Å². The fourth-order valence-corrected chi connectivity index (χ4v) is 4.79. The first-order valence-electron chi connectivity index (χ1n) is 9.11. The first kappa shape index (κ1) is 14.6. The van der Waals surface area contributed by atoms with E-state index in [9.17, 15) is 0 Å². The molecule has 3 fully saturated rings. The predicted molar refractivity (Wildman–Crippen MR) is 89.5 cm³/mol. The smallest absolute Gasteiger partial charge is 0.0271 e. The molecule has 3 heteroatoms. The van der Waals surface area contributed by atoms with Crippen LogP contribution in [-0.4, -0.2) is 47.5 Å². The molecule has 2 heterocycles. The number of hydrogen-bond acceptors (Lipinski definition) is 3. The fraction of sp³-hybridized carbons (Fsp3) is 0.737. The molecule has 120 valence electrons. The van der Waals surface area contributed by atoms with Gasteiger partial charge in [0, 0.05) is 44.6 Å². The summed E-state index contributed by atoms with van der Waals surface area (Å²) in [6, 6.07) is 5.09. The van der Waals surface area contributed by atoms with E-state index in [1.165, 1.54) is 57.3 Å². The maximum atomic E-state index is 4.14. The maximum Gasteiger partial charge on any atom is 0.0271 e. The van der Waals surface area contributed by atoms with Gasteiger partial charge in [-0.2, -0.15) is 0 Å². The van der Waals surface area contributed by atoms with E-state index in [0.717, 1.165) is 30.3 Å². The second-order valence-electron chi connectivity index (χ2n) is 7.85. The highest BCUT2D eigenvalue weighted by Gasteiger charge is 2.42. The average Bonchev–Trinajstić information content (AvgIpc) is 3.24. The number of pyridine rings is 1. The Labute approximate surface area is 134 Å². The SMILES string of the molecule is CN(Cc1ccncc1)C1CCC[C@@H]2CN(CC3CC3)C[C@H]12.